The monoisotopic (exact) mass is 230 g/mol. The van der Waals surface area contributed by atoms with Crippen molar-refractivity contribution in [3.8, 4) is 0 Å². The van der Waals surface area contributed by atoms with Crippen LogP contribution in [0.15, 0.2) is 12.2 Å². The quantitative estimate of drug-likeness (QED) is 0.700. The number of hydrogen-bond donors (Lipinski definition) is 2. The van der Waals surface area contributed by atoms with E-state index < -0.39 is 17.9 Å². The fourth-order valence-electron chi connectivity index (χ4n) is 1.85. The molecule has 4 atom stereocenters. The topological polar surface area (TPSA) is 76.0 Å². The maximum absolute atomic E-state index is 10.8. The van der Waals surface area contributed by atoms with Crippen LogP contribution in [0.1, 0.15) is 20.3 Å². The number of aliphatic hydroxyl groups is 1. The molecule has 92 valence electrons. The number of ether oxygens (including phenoxy) is 2. The molecular formula is C11H18O5. The van der Waals surface area contributed by atoms with E-state index in [1.807, 2.05) is 6.92 Å². The van der Waals surface area contributed by atoms with Crippen LogP contribution in [-0.2, 0) is 14.3 Å². The summed E-state index contributed by atoms with van der Waals surface area (Å²) in [5.74, 6) is -2.77. The van der Waals surface area contributed by atoms with E-state index in [0.29, 0.717) is 0 Å². The SMILES string of the molecule is C=C1C[C@](OC)([C@H](O)C(=O)O)O[C@H](C)[C@@H]1C. The molecule has 5 nitrogen and oxygen atoms in total. The largest absolute Gasteiger partial charge is 0.479 e. The first-order valence-electron chi connectivity index (χ1n) is 5.15. The van der Waals surface area contributed by atoms with Gasteiger partial charge in [-0.25, -0.2) is 4.79 Å². The van der Waals surface area contributed by atoms with Gasteiger partial charge >= 0.3 is 5.97 Å². The number of aliphatic carboxylic acids is 1. The molecule has 0 unspecified atom stereocenters. The minimum Gasteiger partial charge on any atom is -0.479 e. The molecule has 16 heavy (non-hydrogen) atoms. The van der Waals surface area contributed by atoms with Crippen molar-refractivity contribution in [2.45, 2.75) is 38.3 Å². The third-order valence-corrected chi connectivity index (χ3v) is 3.20. The van der Waals surface area contributed by atoms with Crippen LogP contribution in [0.3, 0.4) is 0 Å². The van der Waals surface area contributed by atoms with Gasteiger partial charge in [-0.3, -0.25) is 0 Å². The number of rotatable bonds is 3. The molecule has 1 saturated heterocycles. The number of hydrogen-bond acceptors (Lipinski definition) is 4. The van der Waals surface area contributed by atoms with Crippen LogP contribution in [0, 0.1) is 5.92 Å². The molecule has 0 radical (unpaired) electrons. The van der Waals surface area contributed by atoms with E-state index in [0.717, 1.165) is 5.57 Å². The molecule has 0 bridgehead atoms. The summed E-state index contributed by atoms with van der Waals surface area (Å²) < 4.78 is 10.6. The van der Waals surface area contributed by atoms with E-state index in [4.69, 9.17) is 14.6 Å². The van der Waals surface area contributed by atoms with Crippen LogP contribution >= 0.6 is 0 Å². The Morgan fingerprint density at radius 2 is 2.25 bits per heavy atom. The van der Waals surface area contributed by atoms with Crippen molar-refractivity contribution < 1.29 is 24.5 Å². The zero-order valence-corrected chi connectivity index (χ0v) is 9.77. The number of methoxy groups -OCH3 is 1. The van der Waals surface area contributed by atoms with E-state index in [-0.39, 0.29) is 18.4 Å². The highest BCUT2D eigenvalue weighted by atomic mass is 16.7. The van der Waals surface area contributed by atoms with Crippen LogP contribution in [0.4, 0.5) is 0 Å². The molecule has 0 aromatic carbocycles. The lowest BCUT2D eigenvalue weighted by Crippen LogP contribution is -2.56. The van der Waals surface area contributed by atoms with Crippen molar-refractivity contribution in [3.63, 3.8) is 0 Å². The predicted octanol–water partition coefficient (Wildman–Crippen LogP) is 0.776. The average Bonchev–Trinajstić information content (AvgIpc) is 2.24. The van der Waals surface area contributed by atoms with Crippen molar-refractivity contribution in [1.82, 2.24) is 0 Å². The summed E-state index contributed by atoms with van der Waals surface area (Å²) in [6.07, 6.45) is -1.78. The van der Waals surface area contributed by atoms with Crippen LogP contribution in [0.2, 0.25) is 0 Å². The van der Waals surface area contributed by atoms with Crippen LogP contribution in [0.5, 0.6) is 0 Å². The van der Waals surface area contributed by atoms with Crippen molar-refractivity contribution >= 4 is 5.97 Å². The van der Waals surface area contributed by atoms with Gasteiger partial charge in [-0.05, 0) is 6.92 Å². The molecule has 1 heterocycles. The molecule has 0 aliphatic carbocycles. The third kappa shape index (κ3) is 2.11. The summed E-state index contributed by atoms with van der Waals surface area (Å²) in [5.41, 5.74) is 0.820. The normalized spacial score (nSPS) is 37.1. The molecule has 0 aromatic heterocycles. The summed E-state index contributed by atoms with van der Waals surface area (Å²) in [5, 5.41) is 18.5. The van der Waals surface area contributed by atoms with Gasteiger partial charge in [0.15, 0.2) is 0 Å². The number of carboxylic acid groups (broad SMARTS) is 1. The van der Waals surface area contributed by atoms with E-state index in [1.54, 1.807) is 6.92 Å². The van der Waals surface area contributed by atoms with Gasteiger partial charge in [0.1, 0.15) is 0 Å². The number of carbonyl (C=O) groups is 1. The van der Waals surface area contributed by atoms with Gasteiger partial charge in [0.25, 0.3) is 0 Å². The fraction of sp³-hybridized carbons (Fsp3) is 0.727. The second-order valence-corrected chi connectivity index (χ2v) is 4.20. The molecule has 5 heteroatoms. The highest BCUT2D eigenvalue weighted by Gasteiger charge is 2.49. The molecule has 1 rings (SSSR count). The Morgan fingerprint density at radius 3 is 2.62 bits per heavy atom. The second-order valence-electron chi connectivity index (χ2n) is 4.20. The molecule has 0 spiro atoms. The minimum absolute atomic E-state index is 0.115. The molecular weight excluding hydrogens is 212 g/mol. The summed E-state index contributed by atoms with van der Waals surface area (Å²) in [4.78, 5) is 10.8. The third-order valence-electron chi connectivity index (χ3n) is 3.20. The molecule has 0 amide bonds. The Bertz CT molecular complexity index is 301. The maximum Gasteiger partial charge on any atom is 0.338 e. The zero-order valence-electron chi connectivity index (χ0n) is 9.77. The van der Waals surface area contributed by atoms with E-state index >= 15 is 0 Å². The number of aliphatic hydroxyl groups excluding tert-OH is 1. The van der Waals surface area contributed by atoms with Crippen LogP contribution < -0.4 is 0 Å². The zero-order chi connectivity index (χ0) is 12.5. The van der Waals surface area contributed by atoms with Gasteiger partial charge in [-0.2, -0.15) is 0 Å². The van der Waals surface area contributed by atoms with Crippen LogP contribution in [0.25, 0.3) is 0 Å². The Kier molecular flexibility index (Phi) is 3.72. The summed E-state index contributed by atoms with van der Waals surface area (Å²) in [6, 6.07) is 0. The molecule has 2 N–H and O–H groups in total. The summed E-state index contributed by atoms with van der Waals surface area (Å²) >= 11 is 0. The predicted molar refractivity (Wildman–Crippen MR) is 56.9 cm³/mol. The smallest absolute Gasteiger partial charge is 0.338 e. The summed E-state index contributed by atoms with van der Waals surface area (Å²) in [7, 11) is 1.32. The second kappa shape index (κ2) is 4.53. The first kappa shape index (κ1) is 13.2. The van der Waals surface area contributed by atoms with Crippen molar-refractivity contribution in [2.24, 2.45) is 5.92 Å². The van der Waals surface area contributed by atoms with Crippen molar-refractivity contribution in [1.29, 1.82) is 0 Å². The first-order valence-corrected chi connectivity index (χ1v) is 5.15. The molecule has 1 aliphatic heterocycles. The van der Waals surface area contributed by atoms with Gasteiger partial charge in [0.05, 0.1) is 6.10 Å². The van der Waals surface area contributed by atoms with Gasteiger partial charge in [-0.1, -0.05) is 19.1 Å². The maximum atomic E-state index is 10.8. The van der Waals surface area contributed by atoms with Gasteiger partial charge in [0.2, 0.25) is 11.9 Å². The Morgan fingerprint density at radius 1 is 1.69 bits per heavy atom. The lowest BCUT2D eigenvalue weighted by Gasteiger charge is -2.44. The van der Waals surface area contributed by atoms with Gasteiger partial charge < -0.3 is 19.7 Å². The molecule has 1 fully saturated rings. The van der Waals surface area contributed by atoms with Gasteiger partial charge in [0, 0.05) is 19.4 Å². The highest BCUT2D eigenvalue weighted by Crippen LogP contribution is 2.38. The van der Waals surface area contributed by atoms with E-state index in [1.165, 1.54) is 7.11 Å². The lowest BCUT2D eigenvalue weighted by atomic mass is 9.86. The average molecular weight is 230 g/mol. The fourth-order valence-corrected chi connectivity index (χ4v) is 1.85. The Hall–Kier alpha value is -0.910. The minimum atomic E-state index is -1.72. The summed E-state index contributed by atoms with van der Waals surface area (Å²) in [6.45, 7) is 7.61. The Balaban J connectivity index is 2.97. The standard InChI is InChI=1S/C11H18O5/c1-6-5-11(15-4,9(12)10(13)14)16-8(3)7(6)2/h7-9,12H,1,5H2,2-4H3,(H,13,14)/t7-,8-,9-,11-/m1/s1. The Labute approximate surface area is 94.7 Å². The molecule has 0 saturated carbocycles. The van der Waals surface area contributed by atoms with Crippen molar-refractivity contribution in [2.75, 3.05) is 7.11 Å². The van der Waals surface area contributed by atoms with E-state index in [2.05, 4.69) is 6.58 Å². The first-order chi connectivity index (χ1) is 7.34. The molecule has 1 aliphatic rings. The van der Waals surface area contributed by atoms with Crippen LogP contribution in [-0.4, -0.2) is 41.3 Å². The van der Waals surface area contributed by atoms with Gasteiger partial charge in [-0.15, -0.1) is 0 Å². The highest BCUT2D eigenvalue weighted by molar-refractivity contribution is 5.73. The lowest BCUT2D eigenvalue weighted by molar-refractivity contribution is -0.300. The molecule has 0 aromatic rings. The number of carboxylic acids is 1. The van der Waals surface area contributed by atoms with E-state index in [9.17, 15) is 9.90 Å². The van der Waals surface area contributed by atoms with Crippen molar-refractivity contribution in [3.05, 3.63) is 12.2 Å².